The maximum Gasteiger partial charge on any atom is 0.130 e. The van der Waals surface area contributed by atoms with Crippen LogP contribution in [-0.2, 0) is 6.61 Å². The Bertz CT molecular complexity index is 478. The molecule has 0 atom stereocenters. The number of unbranched alkanes of at least 4 members (excludes halogenated alkanes) is 8. The number of aliphatic hydroxyl groups excluding tert-OH is 1. The van der Waals surface area contributed by atoms with E-state index < -0.39 is 0 Å². The Balaban J connectivity index is 2.43. The molecule has 1 rings (SSSR count). The van der Waals surface area contributed by atoms with Crippen molar-refractivity contribution < 1.29 is 14.6 Å². The van der Waals surface area contributed by atoms with Crippen LogP contribution in [0.4, 0.5) is 0 Å². The first-order valence-corrected chi connectivity index (χ1v) is 10.2. The van der Waals surface area contributed by atoms with Gasteiger partial charge in [0.2, 0.25) is 0 Å². The molecule has 0 unspecified atom stereocenters. The molecule has 1 aromatic rings. The molecule has 0 saturated carbocycles. The van der Waals surface area contributed by atoms with Gasteiger partial charge < -0.3 is 14.6 Å². The predicted molar refractivity (Wildman–Crippen MR) is 109 cm³/mol. The molecular weight excluding hydrogens is 324 g/mol. The van der Waals surface area contributed by atoms with Crippen LogP contribution in [-0.4, -0.2) is 5.11 Å². The van der Waals surface area contributed by atoms with Gasteiger partial charge in [-0.05, 0) is 55.5 Å². The summed E-state index contributed by atoms with van der Waals surface area (Å²) < 4.78 is 11.3. The van der Waals surface area contributed by atoms with E-state index in [0.29, 0.717) is 11.5 Å². The lowest BCUT2D eigenvalue weighted by Gasteiger charge is -2.07. The summed E-state index contributed by atoms with van der Waals surface area (Å²) in [7, 11) is 0. The molecule has 0 aliphatic carbocycles. The van der Waals surface area contributed by atoms with Gasteiger partial charge in [0, 0.05) is 6.07 Å². The summed E-state index contributed by atoms with van der Waals surface area (Å²) in [5, 5.41) is 9.42. The van der Waals surface area contributed by atoms with Crippen LogP contribution >= 0.6 is 0 Å². The van der Waals surface area contributed by atoms with Crippen molar-refractivity contribution >= 4 is 0 Å². The molecule has 3 nitrogen and oxygen atoms in total. The van der Waals surface area contributed by atoms with E-state index in [1.165, 1.54) is 51.4 Å². The van der Waals surface area contributed by atoms with E-state index in [4.69, 9.17) is 9.47 Å². The summed E-state index contributed by atoms with van der Waals surface area (Å²) in [6.07, 6.45) is 19.7. The van der Waals surface area contributed by atoms with Crippen LogP contribution in [0.5, 0.6) is 11.5 Å². The summed E-state index contributed by atoms with van der Waals surface area (Å²) >= 11 is 0. The van der Waals surface area contributed by atoms with Gasteiger partial charge in [-0.1, -0.05) is 52.4 Å². The molecule has 0 radical (unpaired) electrons. The minimum Gasteiger partial charge on any atom is -0.465 e. The molecule has 0 aliphatic rings. The fourth-order valence-electron chi connectivity index (χ4n) is 2.63. The summed E-state index contributed by atoms with van der Waals surface area (Å²) in [4.78, 5) is 0. The number of ether oxygens (including phenoxy) is 2. The second-order valence-corrected chi connectivity index (χ2v) is 6.65. The van der Waals surface area contributed by atoms with E-state index in [9.17, 15) is 5.11 Å². The quantitative estimate of drug-likeness (QED) is 0.273. The Morgan fingerprint density at radius 3 is 1.65 bits per heavy atom. The van der Waals surface area contributed by atoms with Gasteiger partial charge >= 0.3 is 0 Å². The smallest absolute Gasteiger partial charge is 0.130 e. The average Bonchev–Trinajstić information content (AvgIpc) is 2.66. The SMILES string of the molecule is CCCCCCC=COc1cc(CO)cc(OC=CCCCCCC)c1. The largest absolute Gasteiger partial charge is 0.465 e. The fraction of sp³-hybridized carbons (Fsp3) is 0.565. The molecule has 0 bridgehead atoms. The van der Waals surface area contributed by atoms with Gasteiger partial charge in [0.15, 0.2) is 0 Å². The van der Waals surface area contributed by atoms with E-state index in [2.05, 4.69) is 26.0 Å². The second-order valence-electron chi connectivity index (χ2n) is 6.65. The first kappa shape index (κ1) is 22.3. The van der Waals surface area contributed by atoms with Gasteiger partial charge in [-0.15, -0.1) is 0 Å². The number of aliphatic hydroxyl groups is 1. The van der Waals surface area contributed by atoms with Gasteiger partial charge in [0.05, 0.1) is 19.1 Å². The van der Waals surface area contributed by atoms with E-state index >= 15 is 0 Å². The van der Waals surface area contributed by atoms with Crippen molar-refractivity contribution in [1.82, 2.24) is 0 Å². The second kappa shape index (κ2) is 15.5. The zero-order valence-electron chi connectivity index (χ0n) is 16.6. The topological polar surface area (TPSA) is 38.7 Å². The predicted octanol–water partition coefficient (Wildman–Crippen LogP) is 6.90. The van der Waals surface area contributed by atoms with Crippen LogP contribution in [0.1, 0.15) is 83.6 Å². The van der Waals surface area contributed by atoms with Gasteiger partial charge in [-0.25, -0.2) is 0 Å². The number of hydrogen-bond acceptors (Lipinski definition) is 3. The van der Waals surface area contributed by atoms with Crippen molar-refractivity contribution in [3.8, 4) is 11.5 Å². The van der Waals surface area contributed by atoms with Gasteiger partial charge in [-0.3, -0.25) is 0 Å². The number of hydrogen-bond donors (Lipinski definition) is 1. The first-order chi connectivity index (χ1) is 12.8. The summed E-state index contributed by atoms with van der Waals surface area (Å²) in [5.74, 6) is 1.38. The number of benzene rings is 1. The zero-order chi connectivity index (χ0) is 18.9. The lowest BCUT2D eigenvalue weighted by atomic mass is 10.1. The molecule has 0 aromatic heterocycles. The highest BCUT2D eigenvalue weighted by Crippen LogP contribution is 2.24. The van der Waals surface area contributed by atoms with Gasteiger partial charge in [-0.2, -0.15) is 0 Å². The zero-order valence-corrected chi connectivity index (χ0v) is 16.6. The third-order valence-electron chi connectivity index (χ3n) is 4.17. The number of rotatable bonds is 15. The molecule has 0 amide bonds. The van der Waals surface area contributed by atoms with E-state index in [-0.39, 0.29) is 6.61 Å². The Morgan fingerprint density at radius 2 is 1.23 bits per heavy atom. The molecule has 146 valence electrons. The Kier molecular flexibility index (Phi) is 13.3. The van der Waals surface area contributed by atoms with Crippen LogP contribution < -0.4 is 9.47 Å². The highest BCUT2D eigenvalue weighted by atomic mass is 16.5. The maximum atomic E-state index is 9.42. The molecule has 0 spiro atoms. The lowest BCUT2D eigenvalue weighted by Crippen LogP contribution is -1.90. The Labute approximate surface area is 159 Å². The molecule has 0 aliphatic heterocycles. The molecular formula is C23H36O3. The van der Waals surface area contributed by atoms with Crippen molar-refractivity contribution in [3.63, 3.8) is 0 Å². The van der Waals surface area contributed by atoms with Crippen molar-refractivity contribution in [1.29, 1.82) is 0 Å². The third-order valence-corrected chi connectivity index (χ3v) is 4.17. The first-order valence-electron chi connectivity index (χ1n) is 10.2. The van der Waals surface area contributed by atoms with Crippen molar-refractivity contribution in [3.05, 3.63) is 48.4 Å². The molecule has 1 aromatic carbocycles. The fourth-order valence-corrected chi connectivity index (χ4v) is 2.63. The van der Waals surface area contributed by atoms with E-state index in [0.717, 1.165) is 18.4 Å². The van der Waals surface area contributed by atoms with Gasteiger partial charge in [0.1, 0.15) is 11.5 Å². The van der Waals surface area contributed by atoms with Crippen LogP contribution in [0.25, 0.3) is 0 Å². The van der Waals surface area contributed by atoms with Crippen molar-refractivity contribution in [2.45, 2.75) is 84.7 Å². The van der Waals surface area contributed by atoms with E-state index in [1.807, 2.05) is 18.2 Å². The average molecular weight is 361 g/mol. The minimum absolute atomic E-state index is 0.0327. The minimum atomic E-state index is -0.0327. The monoisotopic (exact) mass is 360 g/mol. The number of allylic oxidation sites excluding steroid dienone is 2. The molecule has 0 heterocycles. The normalized spacial score (nSPS) is 11.5. The highest BCUT2D eigenvalue weighted by molar-refractivity contribution is 5.39. The molecule has 3 heteroatoms. The third kappa shape index (κ3) is 11.0. The Morgan fingerprint density at radius 1 is 0.731 bits per heavy atom. The van der Waals surface area contributed by atoms with Crippen LogP contribution in [0.15, 0.2) is 42.9 Å². The molecule has 1 N–H and O–H groups in total. The van der Waals surface area contributed by atoms with Crippen molar-refractivity contribution in [2.24, 2.45) is 0 Å². The van der Waals surface area contributed by atoms with Crippen molar-refractivity contribution in [2.75, 3.05) is 0 Å². The molecule has 0 saturated heterocycles. The van der Waals surface area contributed by atoms with Crippen LogP contribution in [0.2, 0.25) is 0 Å². The molecule has 0 fully saturated rings. The standard InChI is InChI=1S/C23H36O3/c1-3-5-7-9-11-13-15-25-22-17-21(20-24)18-23(19-22)26-16-14-12-10-8-6-4-2/h13-19,24H,3-12,20H2,1-2H3. The van der Waals surface area contributed by atoms with Crippen LogP contribution in [0, 0.1) is 0 Å². The summed E-state index contributed by atoms with van der Waals surface area (Å²) in [5.41, 5.74) is 0.783. The maximum absolute atomic E-state index is 9.42. The van der Waals surface area contributed by atoms with Gasteiger partial charge in [0.25, 0.3) is 0 Å². The summed E-state index contributed by atoms with van der Waals surface area (Å²) in [6.45, 7) is 4.40. The molecule has 26 heavy (non-hydrogen) atoms. The highest BCUT2D eigenvalue weighted by Gasteiger charge is 2.01. The lowest BCUT2D eigenvalue weighted by molar-refractivity contribution is 0.280. The van der Waals surface area contributed by atoms with Crippen LogP contribution in [0.3, 0.4) is 0 Å². The summed E-state index contributed by atoms with van der Waals surface area (Å²) in [6, 6.07) is 5.52. The van der Waals surface area contributed by atoms with E-state index in [1.54, 1.807) is 12.5 Å². The Hall–Kier alpha value is -1.74.